The Kier molecular flexibility index (Phi) is 4.77. The predicted octanol–water partition coefficient (Wildman–Crippen LogP) is 1.57. The van der Waals surface area contributed by atoms with E-state index in [1.165, 1.54) is 14.2 Å². The SMILES string of the molecule is COC(=O)c1ccc(N2CCC(C(=O)OC)CC2)nc1C. The molecule has 1 aromatic heterocycles. The van der Waals surface area contributed by atoms with Crippen molar-refractivity contribution in [3.05, 3.63) is 23.4 Å². The van der Waals surface area contributed by atoms with Crippen molar-refractivity contribution in [2.24, 2.45) is 5.92 Å². The normalized spacial score (nSPS) is 15.7. The van der Waals surface area contributed by atoms with E-state index in [-0.39, 0.29) is 17.9 Å². The molecular formula is C15H20N2O4. The first-order valence-electron chi connectivity index (χ1n) is 6.95. The van der Waals surface area contributed by atoms with E-state index < -0.39 is 0 Å². The lowest BCUT2D eigenvalue weighted by Crippen LogP contribution is -2.37. The standard InChI is InChI=1S/C15H20N2O4/c1-10-12(15(19)21-3)4-5-13(16-10)17-8-6-11(7-9-17)14(18)20-2/h4-5,11H,6-9H2,1-3H3. The molecule has 21 heavy (non-hydrogen) atoms. The number of piperidine rings is 1. The molecule has 2 rings (SSSR count). The molecular weight excluding hydrogens is 272 g/mol. The van der Waals surface area contributed by atoms with Crippen LogP contribution in [0, 0.1) is 12.8 Å². The number of ether oxygens (including phenoxy) is 2. The number of pyridine rings is 1. The number of carbonyl (C=O) groups excluding carboxylic acids is 2. The third-order valence-corrected chi connectivity index (χ3v) is 3.83. The fraction of sp³-hybridized carbons (Fsp3) is 0.533. The summed E-state index contributed by atoms with van der Waals surface area (Å²) in [5.41, 5.74) is 1.13. The van der Waals surface area contributed by atoms with Crippen molar-refractivity contribution in [2.75, 3.05) is 32.2 Å². The fourth-order valence-electron chi connectivity index (χ4n) is 2.56. The molecule has 1 aliphatic rings. The summed E-state index contributed by atoms with van der Waals surface area (Å²) in [7, 11) is 2.78. The zero-order valence-electron chi connectivity index (χ0n) is 12.6. The van der Waals surface area contributed by atoms with Gasteiger partial charge < -0.3 is 14.4 Å². The number of hydrogen-bond acceptors (Lipinski definition) is 6. The third kappa shape index (κ3) is 3.32. The molecule has 0 aliphatic carbocycles. The largest absolute Gasteiger partial charge is 0.469 e. The minimum Gasteiger partial charge on any atom is -0.469 e. The van der Waals surface area contributed by atoms with Crippen LogP contribution in [0.1, 0.15) is 28.9 Å². The molecule has 1 saturated heterocycles. The molecule has 0 aromatic carbocycles. The van der Waals surface area contributed by atoms with Crippen LogP contribution in [0.3, 0.4) is 0 Å². The summed E-state index contributed by atoms with van der Waals surface area (Å²) in [5, 5.41) is 0. The molecule has 0 amide bonds. The van der Waals surface area contributed by atoms with Gasteiger partial charge in [-0.25, -0.2) is 9.78 Å². The van der Waals surface area contributed by atoms with Crippen LogP contribution in [0.2, 0.25) is 0 Å². The molecule has 0 spiro atoms. The summed E-state index contributed by atoms with van der Waals surface area (Å²) >= 11 is 0. The van der Waals surface area contributed by atoms with Gasteiger partial charge in [0.1, 0.15) is 5.82 Å². The second kappa shape index (κ2) is 6.56. The molecule has 6 heteroatoms. The highest BCUT2D eigenvalue weighted by molar-refractivity contribution is 5.90. The van der Waals surface area contributed by atoms with E-state index in [0.717, 1.165) is 31.7 Å². The van der Waals surface area contributed by atoms with Crippen LogP contribution in [0.5, 0.6) is 0 Å². The maximum atomic E-state index is 11.5. The highest BCUT2D eigenvalue weighted by atomic mass is 16.5. The highest BCUT2D eigenvalue weighted by Crippen LogP contribution is 2.23. The Morgan fingerprint density at radius 2 is 1.86 bits per heavy atom. The first kappa shape index (κ1) is 15.3. The Morgan fingerprint density at radius 3 is 2.38 bits per heavy atom. The van der Waals surface area contributed by atoms with Gasteiger partial charge in [0.25, 0.3) is 0 Å². The number of carbonyl (C=O) groups is 2. The number of anilines is 1. The maximum Gasteiger partial charge on any atom is 0.339 e. The first-order chi connectivity index (χ1) is 10.1. The lowest BCUT2D eigenvalue weighted by Gasteiger charge is -2.31. The first-order valence-corrected chi connectivity index (χ1v) is 6.95. The van der Waals surface area contributed by atoms with Gasteiger partial charge >= 0.3 is 11.9 Å². The molecule has 0 bridgehead atoms. The Bertz CT molecular complexity index is 536. The van der Waals surface area contributed by atoms with Crippen LogP contribution in [0.25, 0.3) is 0 Å². The Hall–Kier alpha value is -2.11. The molecule has 114 valence electrons. The average molecular weight is 292 g/mol. The van der Waals surface area contributed by atoms with Gasteiger partial charge in [-0.05, 0) is 31.9 Å². The van der Waals surface area contributed by atoms with E-state index in [0.29, 0.717) is 11.3 Å². The lowest BCUT2D eigenvalue weighted by atomic mass is 9.97. The van der Waals surface area contributed by atoms with Crippen molar-refractivity contribution < 1.29 is 19.1 Å². The quantitative estimate of drug-likeness (QED) is 0.788. The zero-order valence-corrected chi connectivity index (χ0v) is 12.6. The zero-order chi connectivity index (χ0) is 15.4. The lowest BCUT2D eigenvalue weighted by molar-refractivity contribution is -0.146. The van der Waals surface area contributed by atoms with Crippen LogP contribution in [0.4, 0.5) is 5.82 Å². The summed E-state index contributed by atoms with van der Waals surface area (Å²) in [6.45, 7) is 3.30. The summed E-state index contributed by atoms with van der Waals surface area (Å²) in [5.74, 6) is 0.279. The monoisotopic (exact) mass is 292 g/mol. The molecule has 0 radical (unpaired) electrons. The van der Waals surface area contributed by atoms with Crippen molar-refractivity contribution in [1.82, 2.24) is 4.98 Å². The molecule has 6 nitrogen and oxygen atoms in total. The molecule has 1 aliphatic heterocycles. The molecule has 0 atom stereocenters. The maximum absolute atomic E-state index is 11.5. The topological polar surface area (TPSA) is 68.7 Å². The molecule has 0 unspecified atom stereocenters. The van der Waals surface area contributed by atoms with E-state index >= 15 is 0 Å². The van der Waals surface area contributed by atoms with Crippen LogP contribution in [-0.4, -0.2) is 44.2 Å². The highest BCUT2D eigenvalue weighted by Gasteiger charge is 2.26. The van der Waals surface area contributed by atoms with E-state index in [1.807, 2.05) is 6.07 Å². The smallest absolute Gasteiger partial charge is 0.339 e. The molecule has 1 aromatic rings. The van der Waals surface area contributed by atoms with Gasteiger partial charge in [0.05, 0.1) is 31.4 Å². The number of hydrogen-bond donors (Lipinski definition) is 0. The number of aryl methyl sites for hydroxylation is 1. The summed E-state index contributed by atoms with van der Waals surface area (Å²) in [6, 6.07) is 3.55. The average Bonchev–Trinajstić information content (AvgIpc) is 2.53. The van der Waals surface area contributed by atoms with Crippen molar-refractivity contribution >= 4 is 17.8 Å². The third-order valence-electron chi connectivity index (χ3n) is 3.83. The Balaban J connectivity index is 2.06. The predicted molar refractivity (Wildman–Crippen MR) is 77.3 cm³/mol. The van der Waals surface area contributed by atoms with Crippen molar-refractivity contribution in [1.29, 1.82) is 0 Å². The fourth-order valence-corrected chi connectivity index (χ4v) is 2.56. The van der Waals surface area contributed by atoms with Gasteiger partial charge in [-0.1, -0.05) is 0 Å². The number of nitrogens with zero attached hydrogens (tertiary/aromatic N) is 2. The van der Waals surface area contributed by atoms with Crippen LogP contribution in [0.15, 0.2) is 12.1 Å². The van der Waals surface area contributed by atoms with E-state index in [2.05, 4.69) is 9.88 Å². The van der Waals surface area contributed by atoms with Crippen LogP contribution in [-0.2, 0) is 14.3 Å². The summed E-state index contributed by atoms with van der Waals surface area (Å²) in [4.78, 5) is 29.6. The van der Waals surface area contributed by atoms with E-state index in [4.69, 9.17) is 9.47 Å². The second-order valence-corrected chi connectivity index (χ2v) is 5.08. The molecule has 0 N–H and O–H groups in total. The number of esters is 2. The van der Waals surface area contributed by atoms with Gasteiger partial charge in [-0.15, -0.1) is 0 Å². The van der Waals surface area contributed by atoms with Crippen LogP contribution < -0.4 is 4.90 Å². The van der Waals surface area contributed by atoms with Gasteiger partial charge in [0.2, 0.25) is 0 Å². The van der Waals surface area contributed by atoms with Crippen molar-refractivity contribution in [2.45, 2.75) is 19.8 Å². The van der Waals surface area contributed by atoms with Gasteiger partial charge in [0, 0.05) is 13.1 Å². The van der Waals surface area contributed by atoms with Gasteiger partial charge in [0.15, 0.2) is 0 Å². The van der Waals surface area contributed by atoms with E-state index in [1.54, 1.807) is 13.0 Å². The minimum atomic E-state index is -0.379. The molecule has 2 heterocycles. The number of aromatic nitrogens is 1. The van der Waals surface area contributed by atoms with Crippen LogP contribution >= 0.6 is 0 Å². The second-order valence-electron chi connectivity index (χ2n) is 5.08. The minimum absolute atomic E-state index is 0.0262. The summed E-state index contributed by atoms with van der Waals surface area (Å²) < 4.78 is 9.49. The van der Waals surface area contributed by atoms with Crippen molar-refractivity contribution in [3.63, 3.8) is 0 Å². The van der Waals surface area contributed by atoms with Crippen molar-refractivity contribution in [3.8, 4) is 0 Å². The molecule has 1 fully saturated rings. The Labute approximate surface area is 124 Å². The van der Waals surface area contributed by atoms with E-state index in [9.17, 15) is 9.59 Å². The Morgan fingerprint density at radius 1 is 1.19 bits per heavy atom. The molecule has 0 saturated carbocycles. The number of rotatable bonds is 3. The van der Waals surface area contributed by atoms with Gasteiger partial charge in [-0.2, -0.15) is 0 Å². The summed E-state index contributed by atoms with van der Waals surface area (Å²) in [6.07, 6.45) is 1.51. The number of methoxy groups -OCH3 is 2. The van der Waals surface area contributed by atoms with Gasteiger partial charge in [-0.3, -0.25) is 4.79 Å².